The molecule has 0 radical (unpaired) electrons. The van der Waals surface area contributed by atoms with Gasteiger partial charge in [-0.2, -0.15) is 0 Å². The molecule has 2 N–H and O–H groups in total. The van der Waals surface area contributed by atoms with Crippen LogP contribution in [0.5, 0.6) is 0 Å². The summed E-state index contributed by atoms with van der Waals surface area (Å²) in [4.78, 5) is 11.7. The third-order valence-corrected chi connectivity index (χ3v) is 2.75. The van der Waals surface area contributed by atoms with E-state index in [0.717, 1.165) is 11.1 Å². The Balaban J connectivity index is 2.85. The summed E-state index contributed by atoms with van der Waals surface area (Å²) >= 11 is 5.06. The van der Waals surface area contributed by atoms with Gasteiger partial charge >= 0.3 is 5.69 Å². The lowest BCUT2D eigenvalue weighted by molar-refractivity contribution is 0.972. The van der Waals surface area contributed by atoms with E-state index in [-0.39, 0.29) is 5.69 Å². The van der Waals surface area contributed by atoms with Crippen molar-refractivity contribution in [2.45, 2.75) is 0 Å². The Kier molecular flexibility index (Phi) is 2.93. The van der Waals surface area contributed by atoms with Gasteiger partial charge in [0, 0.05) is 5.56 Å². The molecule has 0 unspecified atom stereocenters. The molecule has 1 aromatic heterocycles. The number of aromatic amines is 2. The first kappa shape index (κ1) is 11.3. The van der Waals surface area contributed by atoms with Gasteiger partial charge in [0.25, 0.3) is 0 Å². The summed E-state index contributed by atoms with van der Waals surface area (Å²) in [5, 5.41) is 5.05. The lowest BCUT2D eigenvalue weighted by Gasteiger charge is -2.08. The second kappa shape index (κ2) is 4.39. The molecule has 0 saturated heterocycles. The van der Waals surface area contributed by atoms with Crippen LogP contribution in [0.2, 0.25) is 0 Å². The Morgan fingerprint density at radius 3 is 2.53 bits per heavy atom. The average molecular weight is 245 g/mol. The van der Waals surface area contributed by atoms with Crippen molar-refractivity contribution in [3.05, 3.63) is 57.7 Å². The second-order valence-corrected chi connectivity index (χ2v) is 3.77. The first-order valence-electron chi connectivity index (χ1n) is 4.97. The minimum Gasteiger partial charge on any atom is -0.272 e. The summed E-state index contributed by atoms with van der Waals surface area (Å²) in [5.74, 6) is 0. The highest BCUT2D eigenvalue weighted by Gasteiger charge is 2.09. The van der Waals surface area contributed by atoms with Crippen LogP contribution in [0.25, 0.3) is 17.8 Å². The Bertz CT molecular complexity index is 663. The lowest BCUT2D eigenvalue weighted by atomic mass is 10.1. The van der Waals surface area contributed by atoms with E-state index in [1.807, 2.05) is 18.2 Å². The molecule has 0 amide bonds. The Morgan fingerprint density at radius 1 is 1.24 bits per heavy atom. The van der Waals surface area contributed by atoms with Crippen LogP contribution in [-0.4, -0.2) is 14.8 Å². The van der Waals surface area contributed by atoms with E-state index < -0.39 is 0 Å². The minimum atomic E-state index is -0.306. The molecular weight excluding hydrogens is 234 g/mol. The normalized spacial score (nSPS) is 10.1. The summed E-state index contributed by atoms with van der Waals surface area (Å²) in [6.45, 7) is 7.48. The van der Waals surface area contributed by atoms with Crippen LogP contribution in [0.4, 0.5) is 0 Å². The highest BCUT2D eigenvalue weighted by Crippen LogP contribution is 2.20. The molecule has 0 aliphatic heterocycles. The monoisotopic (exact) mass is 245 g/mol. The zero-order chi connectivity index (χ0) is 12.4. The van der Waals surface area contributed by atoms with Crippen LogP contribution in [-0.2, 0) is 0 Å². The largest absolute Gasteiger partial charge is 0.347 e. The van der Waals surface area contributed by atoms with E-state index in [2.05, 4.69) is 23.4 Å². The van der Waals surface area contributed by atoms with Crippen molar-refractivity contribution in [2.75, 3.05) is 0 Å². The highest BCUT2D eigenvalue weighted by atomic mass is 32.1. The molecule has 0 saturated carbocycles. The molecule has 17 heavy (non-hydrogen) atoms. The van der Waals surface area contributed by atoms with Gasteiger partial charge in [-0.1, -0.05) is 37.4 Å². The maximum Gasteiger partial charge on any atom is 0.347 e. The summed E-state index contributed by atoms with van der Waals surface area (Å²) in [6, 6.07) is 5.55. The van der Waals surface area contributed by atoms with E-state index in [4.69, 9.17) is 12.2 Å². The topological polar surface area (TPSA) is 53.6 Å². The van der Waals surface area contributed by atoms with Gasteiger partial charge in [0.1, 0.15) is 0 Å². The summed E-state index contributed by atoms with van der Waals surface area (Å²) in [6.07, 6.45) is 3.39. The van der Waals surface area contributed by atoms with Crippen LogP contribution in [0.15, 0.2) is 36.2 Å². The van der Waals surface area contributed by atoms with Gasteiger partial charge in [-0.25, -0.2) is 14.5 Å². The van der Waals surface area contributed by atoms with Crippen molar-refractivity contribution in [2.24, 2.45) is 0 Å². The van der Waals surface area contributed by atoms with Gasteiger partial charge in [-0.3, -0.25) is 5.10 Å². The van der Waals surface area contributed by atoms with Crippen molar-refractivity contribution < 1.29 is 0 Å². The predicted octanol–water partition coefficient (Wildman–Crippen LogP) is 2.51. The molecule has 5 heteroatoms. The third kappa shape index (κ3) is 1.81. The number of hydrogen-bond donors (Lipinski definition) is 2. The van der Waals surface area contributed by atoms with Crippen LogP contribution in [0.1, 0.15) is 11.1 Å². The Morgan fingerprint density at radius 2 is 2.00 bits per heavy atom. The molecule has 0 spiro atoms. The lowest BCUT2D eigenvalue weighted by Crippen LogP contribution is -2.16. The smallest absolute Gasteiger partial charge is 0.272 e. The number of nitrogens with zero attached hydrogens (tertiary/aromatic N) is 1. The first-order valence-corrected chi connectivity index (χ1v) is 5.38. The molecular formula is C12H11N3OS. The standard InChI is InChI=1S/C12H11N3OS/c1-3-8-6-5-7-10(9(8)4-2)15-11(16)13-14-12(15)17/h3-7H,1-2H2,(H,13,16)(H,14,17). The summed E-state index contributed by atoms with van der Waals surface area (Å²) < 4.78 is 1.71. The molecule has 86 valence electrons. The number of H-pyrrole nitrogens is 2. The minimum absolute atomic E-state index is 0.306. The fourth-order valence-electron chi connectivity index (χ4n) is 1.70. The van der Waals surface area contributed by atoms with E-state index >= 15 is 0 Å². The van der Waals surface area contributed by atoms with Gasteiger partial charge in [0.15, 0.2) is 0 Å². The van der Waals surface area contributed by atoms with Crippen molar-refractivity contribution in [3.63, 3.8) is 0 Å². The van der Waals surface area contributed by atoms with E-state index in [9.17, 15) is 4.79 Å². The first-order chi connectivity index (χ1) is 8.19. The fraction of sp³-hybridized carbons (Fsp3) is 0. The van der Waals surface area contributed by atoms with Crippen molar-refractivity contribution in [3.8, 4) is 5.69 Å². The van der Waals surface area contributed by atoms with Gasteiger partial charge in [-0.15, -0.1) is 0 Å². The fourth-order valence-corrected chi connectivity index (χ4v) is 1.93. The second-order valence-electron chi connectivity index (χ2n) is 3.38. The molecule has 0 fully saturated rings. The van der Waals surface area contributed by atoms with Crippen molar-refractivity contribution in [1.29, 1.82) is 0 Å². The van der Waals surface area contributed by atoms with Gasteiger partial charge in [-0.05, 0) is 23.8 Å². The zero-order valence-corrected chi connectivity index (χ0v) is 9.88. The molecule has 1 aromatic carbocycles. The zero-order valence-electron chi connectivity index (χ0n) is 9.06. The molecule has 0 atom stereocenters. The maximum absolute atomic E-state index is 11.7. The van der Waals surface area contributed by atoms with Crippen molar-refractivity contribution in [1.82, 2.24) is 14.8 Å². The van der Waals surface area contributed by atoms with Crippen LogP contribution < -0.4 is 5.69 Å². The van der Waals surface area contributed by atoms with E-state index in [1.54, 1.807) is 12.2 Å². The number of rotatable bonds is 3. The van der Waals surface area contributed by atoms with Gasteiger partial charge in [0.05, 0.1) is 5.69 Å². The summed E-state index contributed by atoms with van der Waals surface area (Å²) in [7, 11) is 0. The molecule has 2 aromatic rings. The Labute approximate surface area is 103 Å². The molecule has 0 aliphatic rings. The highest BCUT2D eigenvalue weighted by molar-refractivity contribution is 7.71. The maximum atomic E-state index is 11.7. The predicted molar refractivity (Wildman–Crippen MR) is 71.8 cm³/mol. The van der Waals surface area contributed by atoms with E-state index in [0.29, 0.717) is 10.5 Å². The molecule has 2 rings (SSSR count). The third-order valence-electron chi connectivity index (χ3n) is 2.46. The van der Waals surface area contributed by atoms with E-state index in [1.165, 1.54) is 4.57 Å². The van der Waals surface area contributed by atoms with Crippen molar-refractivity contribution >= 4 is 24.4 Å². The number of benzene rings is 1. The van der Waals surface area contributed by atoms with Gasteiger partial charge in [0.2, 0.25) is 4.77 Å². The molecule has 0 aliphatic carbocycles. The quantitative estimate of drug-likeness (QED) is 0.816. The average Bonchev–Trinajstić information content (AvgIpc) is 2.68. The number of nitrogens with one attached hydrogen (secondary N) is 2. The summed E-state index contributed by atoms with van der Waals surface area (Å²) in [5.41, 5.74) is 2.10. The molecule has 1 heterocycles. The van der Waals surface area contributed by atoms with Crippen LogP contribution in [0.3, 0.4) is 0 Å². The molecule has 4 nitrogen and oxygen atoms in total. The van der Waals surface area contributed by atoms with Gasteiger partial charge < -0.3 is 0 Å². The Hall–Kier alpha value is -2.14. The number of aromatic nitrogens is 3. The SMILES string of the molecule is C=Cc1cccc(-n2c(=O)[nH][nH]c2=S)c1C=C. The van der Waals surface area contributed by atoms with Crippen LogP contribution in [0, 0.1) is 4.77 Å². The van der Waals surface area contributed by atoms with Crippen LogP contribution >= 0.6 is 12.2 Å². The number of hydrogen-bond acceptors (Lipinski definition) is 2. The molecule has 0 bridgehead atoms.